The lowest BCUT2D eigenvalue weighted by Crippen LogP contribution is -2.52. The molecule has 1 fully saturated rings. The molecule has 0 aromatic heterocycles. The molecule has 1 aromatic rings. The summed E-state index contributed by atoms with van der Waals surface area (Å²) in [6.45, 7) is 8.61. The molecule has 1 N–H and O–H groups in total. The summed E-state index contributed by atoms with van der Waals surface area (Å²) in [5.74, 6) is 0.102. The van der Waals surface area contributed by atoms with Gasteiger partial charge in [0.25, 0.3) is 0 Å². The standard InChI is InChI=1S/C21H31NO4/c1-20(2,3)26-19(24)22-21(4,5)18(23)25-17-13-11-16(12-14-17)15-9-7-6-8-10-15/h6-10,16-17H,11-14H2,1-5H3,(H,22,24). The van der Waals surface area contributed by atoms with Crippen molar-refractivity contribution in [3.63, 3.8) is 0 Å². The number of esters is 1. The van der Waals surface area contributed by atoms with Crippen molar-refractivity contribution >= 4 is 12.1 Å². The van der Waals surface area contributed by atoms with E-state index < -0.39 is 23.2 Å². The summed E-state index contributed by atoms with van der Waals surface area (Å²) >= 11 is 0. The van der Waals surface area contributed by atoms with Crippen LogP contribution in [0.15, 0.2) is 30.3 Å². The minimum atomic E-state index is -1.13. The number of hydrogen-bond acceptors (Lipinski definition) is 4. The Hall–Kier alpha value is -2.04. The monoisotopic (exact) mass is 361 g/mol. The average molecular weight is 361 g/mol. The third kappa shape index (κ3) is 6.04. The van der Waals surface area contributed by atoms with Crippen LogP contribution in [0.3, 0.4) is 0 Å². The number of amides is 1. The number of hydrogen-bond donors (Lipinski definition) is 1. The van der Waals surface area contributed by atoms with Gasteiger partial charge in [0.15, 0.2) is 0 Å². The van der Waals surface area contributed by atoms with Crippen LogP contribution in [0.25, 0.3) is 0 Å². The Morgan fingerprint density at radius 3 is 2.08 bits per heavy atom. The molecular weight excluding hydrogens is 330 g/mol. The fourth-order valence-electron chi connectivity index (χ4n) is 3.15. The van der Waals surface area contributed by atoms with Crippen molar-refractivity contribution in [1.82, 2.24) is 5.32 Å². The molecule has 1 amide bonds. The molecule has 1 aliphatic rings. The maximum atomic E-state index is 12.5. The zero-order chi connectivity index (χ0) is 19.4. The third-order valence-electron chi connectivity index (χ3n) is 4.54. The average Bonchev–Trinajstić information content (AvgIpc) is 2.54. The van der Waals surface area contributed by atoms with Crippen LogP contribution in [0, 0.1) is 0 Å². The highest BCUT2D eigenvalue weighted by Gasteiger charge is 2.35. The molecule has 0 unspecified atom stereocenters. The lowest BCUT2D eigenvalue weighted by Gasteiger charge is -2.32. The van der Waals surface area contributed by atoms with E-state index in [9.17, 15) is 9.59 Å². The second kappa shape index (κ2) is 8.11. The normalized spacial score (nSPS) is 21.0. The Kier molecular flexibility index (Phi) is 6.32. The molecule has 0 bridgehead atoms. The van der Waals surface area contributed by atoms with E-state index in [0.29, 0.717) is 5.92 Å². The number of carbonyl (C=O) groups is 2. The third-order valence-corrected chi connectivity index (χ3v) is 4.54. The molecule has 0 spiro atoms. The quantitative estimate of drug-likeness (QED) is 0.799. The van der Waals surface area contributed by atoms with Crippen molar-refractivity contribution in [3.05, 3.63) is 35.9 Å². The van der Waals surface area contributed by atoms with Gasteiger partial charge in [-0.15, -0.1) is 0 Å². The first-order chi connectivity index (χ1) is 12.1. The van der Waals surface area contributed by atoms with Gasteiger partial charge in [-0.2, -0.15) is 0 Å². The molecular formula is C21H31NO4. The van der Waals surface area contributed by atoms with Crippen LogP contribution in [0.4, 0.5) is 4.79 Å². The van der Waals surface area contributed by atoms with Gasteiger partial charge in [-0.05, 0) is 71.8 Å². The van der Waals surface area contributed by atoms with Crippen molar-refractivity contribution in [1.29, 1.82) is 0 Å². The van der Waals surface area contributed by atoms with Crippen LogP contribution in [-0.2, 0) is 14.3 Å². The number of nitrogens with one attached hydrogen (secondary N) is 1. The van der Waals surface area contributed by atoms with Gasteiger partial charge in [0.2, 0.25) is 0 Å². The van der Waals surface area contributed by atoms with E-state index in [-0.39, 0.29) is 6.10 Å². The Morgan fingerprint density at radius 1 is 0.962 bits per heavy atom. The van der Waals surface area contributed by atoms with Crippen LogP contribution < -0.4 is 5.32 Å². The Morgan fingerprint density at radius 2 is 1.54 bits per heavy atom. The van der Waals surface area contributed by atoms with Crippen LogP contribution in [-0.4, -0.2) is 29.3 Å². The van der Waals surface area contributed by atoms with E-state index in [4.69, 9.17) is 9.47 Å². The van der Waals surface area contributed by atoms with Crippen LogP contribution >= 0.6 is 0 Å². The Labute approximate surface area is 156 Å². The first-order valence-corrected chi connectivity index (χ1v) is 9.34. The predicted molar refractivity (Wildman–Crippen MR) is 101 cm³/mol. The van der Waals surface area contributed by atoms with Crippen molar-refractivity contribution in [2.24, 2.45) is 0 Å². The van der Waals surface area contributed by atoms with Crippen molar-refractivity contribution < 1.29 is 19.1 Å². The first kappa shape index (κ1) is 20.3. The maximum absolute atomic E-state index is 12.5. The molecule has 1 aliphatic carbocycles. The zero-order valence-electron chi connectivity index (χ0n) is 16.5. The Balaban J connectivity index is 1.83. The topological polar surface area (TPSA) is 64.6 Å². The molecule has 26 heavy (non-hydrogen) atoms. The lowest BCUT2D eigenvalue weighted by atomic mass is 9.83. The molecule has 1 saturated carbocycles. The van der Waals surface area contributed by atoms with Crippen molar-refractivity contribution in [2.75, 3.05) is 0 Å². The number of benzene rings is 1. The highest BCUT2D eigenvalue weighted by molar-refractivity contribution is 5.85. The molecule has 5 nitrogen and oxygen atoms in total. The summed E-state index contributed by atoms with van der Waals surface area (Å²) in [5, 5.41) is 2.60. The van der Waals surface area contributed by atoms with Gasteiger partial charge in [-0.25, -0.2) is 9.59 Å². The fraction of sp³-hybridized carbons (Fsp3) is 0.619. The Bertz CT molecular complexity index is 611. The molecule has 0 aliphatic heterocycles. The van der Waals surface area contributed by atoms with E-state index in [1.165, 1.54) is 5.56 Å². The number of alkyl carbamates (subject to hydrolysis) is 1. The van der Waals surface area contributed by atoms with Gasteiger partial charge in [0, 0.05) is 0 Å². The molecule has 5 heteroatoms. The lowest BCUT2D eigenvalue weighted by molar-refractivity contribution is -0.157. The molecule has 0 heterocycles. The number of rotatable bonds is 4. The van der Waals surface area contributed by atoms with Gasteiger partial charge in [0.05, 0.1) is 0 Å². The number of carbonyl (C=O) groups excluding carboxylic acids is 2. The predicted octanol–water partition coefficient (Wildman–Crippen LogP) is 4.56. The second-order valence-electron chi connectivity index (χ2n) is 8.54. The summed E-state index contributed by atoms with van der Waals surface area (Å²) in [6.07, 6.45) is 2.97. The van der Waals surface area contributed by atoms with Crippen LogP contribution in [0.1, 0.15) is 71.8 Å². The van der Waals surface area contributed by atoms with E-state index in [0.717, 1.165) is 25.7 Å². The SMILES string of the molecule is CC(C)(C)OC(=O)NC(C)(C)C(=O)OC1CCC(c2ccccc2)CC1. The summed E-state index contributed by atoms with van der Waals surface area (Å²) in [7, 11) is 0. The number of ether oxygens (including phenoxy) is 2. The van der Waals surface area contributed by atoms with E-state index in [2.05, 4.69) is 29.6 Å². The van der Waals surface area contributed by atoms with Gasteiger partial charge in [-0.1, -0.05) is 30.3 Å². The molecule has 0 saturated heterocycles. The summed E-state index contributed by atoms with van der Waals surface area (Å²) in [5.41, 5.74) is -0.386. The smallest absolute Gasteiger partial charge is 0.408 e. The highest BCUT2D eigenvalue weighted by Crippen LogP contribution is 2.34. The van der Waals surface area contributed by atoms with E-state index in [1.807, 2.05) is 6.07 Å². The maximum Gasteiger partial charge on any atom is 0.408 e. The van der Waals surface area contributed by atoms with Gasteiger partial charge in [-0.3, -0.25) is 0 Å². The zero-order valence-corrected chi connectivity index (χ0v) is 16.5. The van der Waals surface area contributed by atoms with Crippen molar-refractivity contribution in [3.8, 4) is 0 Å². The summed E-state index contributed by atoms with van der Waals surface area (Å²) in [6, 6.07) is 10.5. The largest absolute Gasteiger partial charge is 0.461 e. The van der Waals surface area contributed by atoms with Crippen LogP contribution in [0.2, 0.25) is 0 Å². The first-order valence-electron chi connectivity index (χ1n) is 9.34. The van der Waals surface area contributed by atoms with E-state index in [1.54, 1.807) is 34.6 Å². The molecule has 0 atom stereocenters. The molecule has 144 valence electrons. The van der Waals surface area contributed by atoms with Gasteiger partial charge < -0.3 is 14.8 Å². The highest BCUT2D eigenvalue weighted by atomic mass is 16.6. The van der Waals surface area contributed by atoms with Gasteiger partial charge >= 0.3 is 12.1 Å². The molecule has 2 rings (SSSR count). The summed E-state index contributed by atoms with van der Waals surface area (Å²) in [4.78, 5) is 24.4. The second-order valence-corrected chi connectivity index (χ2v) is 8.54. The minimum Gasteiger partial charge on any atom is -0.461 e. The minimum absolute atomic E-state index is 0.0952. The van der Waals surface area contributed by atoms with E-state index >= 15 is 0 Å². The summed E-state index contributed by atoms with van der Waals surface area (Å²) < 4.78 is 10.9. The fourth-order valence-corrected chi connectivity index (χ4v) is 3.15. The van der Waals surface area contributed by atoms with Crippen LogP contribution in [0.5, 0.6) is 0 Å². The van der Waals surface area contributed by atoms with Gasteiger partial charge in [0.1, 0.15) is 17.2 Å². The molecule has 1 aromatic carbocycles. The van der Waals surface area contributed by atoms with Crippen molar-refractivity contribution in [2.45, 2.75) is 83.5 Å². The molecule has 0 radical (unpaired) electrons.